The van der Waals surface area contributed by atoms with Gasteiger partial charge in [-0.1, -0.05) is 24.6 Å². The molecule has 2 amide bonds. The van der Waals surface area contributed by atoms with E-state index < -0.39 is 11.5 Å². The Hall–Kier alpha value is -2.12. The van der Waals surface area contributed by atoms with E-state index in [1.165, 1.54) is 5.56 Å². The normalized spacial score (nSPS) is 23.7. The number of para-hydroxylation sites is 1. The average Bonchev–Trinajstić information content (AvgIpc) is 2.78. The lowest BCUT2D eigenvalue weighted by Crippen LogP contribution is -2.53. The molecule has 2 aliphatic heterocycles. The number of carbonyl (C=O) groups excluding carboxylic acids is 2. The molecule has 3 rings (SSSR count). The van der Waals surface area contributed by atoms with Crippen LogP contribution in [0, 0.1) is 5.41 Å². The third-order valence-corrected chi connectivity index (χ3v) is 6.44. The van der Waals surface area contributed by atoms with Gasteiger partial charge >= 0.3 is 0 Å². The maximum atomic E-state index is 13.3. The van der Waals surface area contributed by atoms with Gasteiger partial charge in [-0.05, 0) is 58.7 Å². The standard InChI is InChI=1S/C24H37N3O4/c1-3-31-21-9-5-4-8-20(21)18-27-14-11-24(12-15-27)10-6-7-16-30-17-13-25-22(28)19(2)26-23(24)29/h4-5,8-9,19H,3,6-7,10-18H2,1-2H3,(H,25,28)(H,26,29)/t19-/m0/s1. The number of nitrogens with zero attached hydrogens (tertiary/aromatic N) is 1. The second-order valence-corrected chi connectivity index (χ2v) is 8.65. The number of hydrogen-bond acceptors (Lipinski definition) is 5. The minimum atomic E-state index is -0.541. The first-order chi connectivity index (χ1) is 15.0. The van der Waals surface area contributed by atoms with E-state index >= 15 is 0 Å². The number of ether oxygens (including phenoxy) is 2. The van der Waals surface area contributed by atoms with Crippen molar-refractivity contribution in [1.29, 1.82) is 0 Å². The number of amides is 2. The van der Waals surface area contributed by atoms with Gasteiger partial charge in [-0.2, -0.15) is 0 Å². The van der Waals surface area contributed by atoms with Crippen LogP contribution in [0.15, 0.2) is 24.3 Å². The molecule has 0 saturated carbocycles. The Morgan fingerprint density at radius 3 is 2.68 bits per heavy atom. The number of piperidine rings is 1. The molecule has 2 fully saturated rings. The minimum Gasteiger partial charge on any atom is -0.494 e. The number of hydrogen-bond donors (Lipinski definition) is 2. The first-order valence-electron chi connectivity index (χ1n) is 11.6. The zero-order chi connectivity index (χ0) is 22.1. The Morgan fingerprint density at radius 2 is 1.90 bits per heavy atom. The highest BCUT2D eigenvalue weighted by Crippen LogP contribution is 2.38. The number of nitrogens with one attached hydrogen (secondary N) is 2. The average molecular weight is 432 g/mol. The summed E-state index contributed by atoms with van der Waals surface area (Å²) in [5.74, 6) is 0.797. The van der Waals surface area contributed by atoms with Crippen LogP contribution in [0.25, 0.3) is 0 Å². The van der Waals surface area contributed by atoms with Gasteiger partial charge in [0.15, 0.2) is 0 Å². The van der Waals surface area contributed by atoms with Crippen LogP contribution in [0.5, 0.6) is 5.75 Å². The van der Waals surface area contributed by atoms with Gasteiger partial charge in [-0.15, -0.1) is 0 Å². The summed E-state index contributed by atoms with van der Waals surface area (Å²) >= 11 is 0. The van der Waals surface area contributed by atoms with Crippen LogP contribution >= 0.6 is 0 Å². The zero-order valence-electron chi connectivity index (χ0n) is 19.0. The highest BCUT2D eigenvalue weighted by Gasteiger charge is 2.41. The Labute approximate surface area is 185 Å². The third kappa shape index (κ3) is 6.43. The summed E-state index contributed by atoms with van der Waals surface area (Å²) in [7, 11) is 0. The Morgan fingerprint density at radius 1 is 1.13 bits per heavy atom. The summed E-state index contributed by atoms with van der Waals surface area (Å²) in [5.41, 5.74) is 0.764. The van der Waals surface area contributed by atoms with Crippen LogP contribution in [0.3, 0.4) is 0 Å². The first-order valence-corrected chi connectivity index (χ1v) is 11.6. The molecule has 2 heterocycles. The number of carbonyl (C=O) groups is 2. The SMILES string of the molecule is CCOc1ccccc1CN1CCC2(CCCCOCCNC(=O)[C@H](C)NC2=O)CC1. The molecule has 0 bridgehead atoms. The predicted molar refractivity (Wildman–Crippen MR) is 120 cm³/mol. The fraction of sp³-hybridized carbons (Fsp3) is 0.667. The summed E-state index contributed by atoms with van der Waals surface area (Å²) < 4.78 is 11.4. The molecule has 2 saturated heterocycles. The molecule has 1 atom stereocenters. The number of benzene rings is 1. The lowest BCUT2D eigenvalue weighted by molar-refractivity contribution is -0.138. The first kappa shape index (κ1) is 23.5. The molecular formula is C24H37N3O4. The van der Waals surface area contributed by atoms with Crippen LogP contribution < -0.4 is 15.4 Å². The van der Waals surface area contributed by atoms with E-state index in [1.807, 2.05) is 25.1 Å². The zero-order valence-corrected chi connectivity index (χ0v) is 19.0. The van der Waals surface area contributed by atoms with E-state index in [0.29, 0.717) is 26.4 Å². The van der Waals surface area contributed by atoms with Crippen LogP contribution in [-0.2, 0) is 20.9 Å². The fourth-order valence-electron chi connectivity index (χ4n) is 4.49. The smallest absolute Gasteiger partial charge is 0.242 e. The molecule has 7 heteroatoms. The van der Waals surface area contributed by atoms with Crippen LogP contribution in [0.1, 0.15) is 51.5 Å². The van der Waals surface area contributed by atoms with Gasteiger partial charge in [0.05, 0.1) is 18.6 Å². The van der Waals surface area contributed by atoms with Gasteiger partial charge in [0.25, 0.3) is 0 Å². The van der Waals surface area contributed by atoms with Crippen LogP contribution in [0.2, 0.25) is 0 Å². The molecular weight excluding hydrogens is 394 g/mol. The van der Waals surface area contributed by atoms with E-state index in [0.717, 1.165) is 57.5 Å². The quantitative estimate of drug-likeness (QED) is 0.766. The molecule has 0 aliphatic carbocycles. The molecule has 172 valence electrons. The highest BCUT2D eigenvalue weighted by molar-refractivity contribution is 5.89. The van der Waals surface area contributed by atoms with Gasteiger partial charge in [0.2, 0.25) is 11.8 Å². The van der Waals surface area contributed by atoms with Crippen molar-refractivity contribution < 1.29 is 19.1 Å². The summed E-state index contributed by atoms with van der Waals surface area (Å²) in [6.07, 6.45) is 4.32. The molecule has 2 N–H and O–H groups in total. The topological polar surface area (TPSA) is 79.9 Å². The van der Waals surface area contributed by atoms with Gasteiger partial charge in [0, 0.05) is 25.3 Å². The van der Waals surface area contributed by atoms with Crippen molar-refractivity contribution in [3.63, 3.8) is 0 Å². The maximum absolute atomic E-state index is 13.3. The molecule has 2 aliphatic rings. The maximum Gasteiger partial charge on any atom is 0.242 e. The van der Waals surface area contributed by atoms with E-state index in [4.69, 9.17) is 9.47 Å². The molecule has 0 radical (unpaired) electrons. The number of likely N-dealkylation sites (tertiary alicyclic amines) is 1. The third-order valence-electron chi connectivity index (χ3n) is 6.44. The van der Waals surface area contributed by atoms with E-state index in [9.17, 15) is 9.59 Å². The van der Waals surface area contributed by atoms with Crippen molar-refractivity contribution in [2.45, 2.75) is 58.5 Å². The van der Waals surface area contributed by atoms with Gasteiger partial charge in [-0.25, -0.2) is 0 Å². The fourth-order valence-corrected chi connectivity index (χ4v) is 4.49. The lowest BCUT2D eigenvalue weighted by Gasteiger charge is -2.41. The van der Waals surface area contributed by atoms with Crippen molar-refractivity contribution in [3.05, 3.63) is 29.8 Å². The Kier molecular flexibility index (Phi) is 8.72. The summed E-state index contributed by atoms with van der Waals surface area (Å²) in [4.78, 5) is 28.0. The van der Waals surface area contributed by atoms with Gasteiger partial charge < -0.3 is 20.1 Å². The van der Waals surface area contributed by atoms with Crippen LogP contribution in [-0.4, -0.2) is 62.2 Å². The van der Waals surface area contributed by atoms with Crippen molar-refractivity contribution >= 4 is 11.8 Å². The summed E-state index contributed by atoms with van der Waals surface area (Å²) in [6.45, 7) is 8.58. The Balaban J connectivity index is 1.65. The molecule has 1 aromatic rings. The monoisotopic (exact) mass is 431 g/mol. The van der Waals surface area contributed by atoms with Crippen molar-refractivity contribution in [2.24, 2.45) is 5.41 Å². The van der Waals surface area contributed by atoms with E-state index in [1.54, 1.807) is 6.92 Å². The van der Waals surface area contributed by atoms with Gasteiger partial charge in [0.1, 0.15) is 11.8 Å². The molecule has 1 spiro atoms. The lowest BCUT2D eigenvalue weighted by atomic mass is 9.73. The van der Waals surface area contributed by atoms with Crippen LogP contribution in [0.4, 0.5) is 0 Å². The predicted octanol–water partition coefficient (Wildman–Crippen LogP) is 2.49. The molecule has 0 aromatic heterocycles. The summed E-state index contributed by atoms with van der Waals surface area (Å²) in [5, 5.41) is 5.82. The molecule has 0 unspecified atom stereocenters. The van der Waals surface area contributed by atoms with E-state index in [-0.39, 0.29) is 11.8 Å². The van der Waals surface area contributed by atoms with Gasteiger partial charge in [-0.3, -0.25) is 14.5 Å². The molecule has 31 heavy (non-hydrogen) atoms. The van der Waals surface area contributed by atoms with Crippen molar-refractivity contribution in [2.75, 3.05) is 39.5 Å². The summed E-state index contributed by atoms with van der Waals surface area (Å²) in [6, 6.07) is 7.63. The second-order valence-electron chi connectivity index (χ2n) is 8.65. The second kappa shape index (κ2) is 11.5. The van der Waals surface area contributed by atoms with Crippen molar-refractivity contribution in [1.82, 2.24) is 15.5 Å². The molecule has 1 aromatic carbocycles. The molecule has 7 nitrogen and oxygen atoms in total. The van der Waals surface area contributed by atoms with E-state index in [2.05, 4.69) is 21.6 Å². The minimum absolute atomic E-state index is 0.0182. The number of rotatable bonds is 4. The highest BCUT2D eigenvalue weighted by atomic mass is 16.5. The largest absolute Gasteiger partial charge is 0.494 e. The van der Waals surface area contributed by atoms with Crippen molar-refractivity contribution in [3.8, 4) is 5.75 Å². The Bertz CT molecular complexity index is 731.